The van der Waals surface area contributed by atoms with E-state index >= 15 is 0 Å². The van der Waals surface area contributed by atoms with Crippen LogP contribution in [0.2, 0.25) is 0 Å². The van der Waals surface area contributed by atoms with Crippen LogP contribution in [-0.2, 0) is 9.59 Å². The molecular weight excluding hydrogens is 306 g/mol. The quantitative estimate of drug-likeness (QED) is 0.681. The molecule has 1 aromatic rings. The van der Waals surface area contributed by atoms with Gasteiger partial charge in [-0.25, -0.2) is 9.78 Å². The van der Waals surface area contributed by atoms with Gasteiger partial charge in [-0.2, -0.15) is 0 Å². The Morgan fingerprint density at radius 2 is 2.12 bits per heavy atom. The number of carbonyl (C=O) groups is 2. The van der Waals surface area contributed by atoms with E-state index < -0.39 is 5.97 Å². The van der Waals surface area contributed by atoms with E-state index in [9.17, 15) is 14.7 Å². The van der Waals surface area contributed by atoms with Crippen molar-refractivity contribution in [2.75, 3.05) is 0 Å². The fraction of sp³-hybridized carbons (Fsp3) is 0.611. The standard InChI is InChI=1S/C18H27N3O3/c1-4-12(5-2)8-16(21-11(3)22)14-9-13(18(23)24)10-15(14)17-19-6-7-20-17/h6-7,9,12,14-16H,4-5,8,10H2,1-3H3,(H,19,20)(H,21,22)(H,23,24). The van der Waals surface area contributed by atoms with Gasteiger partial charge in [-0.3, -0.25) is 4.79 Å². The molecule has 0 aliphatic heterocycles. The Morgan fingerprint density at radius 3 is 2.62 bits per heavy atom. The lowest BCUT2D eigenvalue weighted by molar-refractivity contribution is -0.132. The zero-order valence-electron chi connectivity index (χ0n) is 14.6. The van der Waals surface area contributed by atoms with Crippen LogP contribution in [0.4, 0.5) is 0 Å². The highest BCUT2D eigenvalue weighted by Crippen LogP contribution is 2.41. The highest BCUT2D eigenvalue weighted by atomic mass is 16.4. The molecule has 1 aromatic heterocycles. The van der Waals surface area contributed by atoms with Gasteiger partial charge in [0.25, 0.3) is 0 Å². The van der Waals surface area contributed by atoms with Crippen molar-refractivity contribution in [3.63, 3.8) is 0 Å². The first-order chi connectivity index (χ1) is 11.5. The van der Waals surface area contributed by atoms with Crippen molar-refractivity contribution in [3.8, 4) is 0 Å². The molecule has 6 heteroatoms. The van der Waals surface area contributed by atoms with Gasteiger partial charge >= 0.3 is 5.97 Å². The van der Waals surface area contributed by atoms with Crippen molar-refractivity contribution in [2.24, 2.45) is 11.8 Å². The Hall–Kier alpha value is -2.11. The number of H-pyrrole nitrogens is 1. The van der Waals surface area contributed by atoms with E-state index in [0.717, 1.165) is 25.1 Å². The summed E-state index contributed by atoms with van der Waals surface area (Å²) in [6.45, 7) is 5.81. The topological polar surface area (TPSA) is 95.1 Å². The van der Waals surface area contributed by atoms with E-state index in [-0.39, 0.29) is 23.8 Å². The Bertz CT molecular complexity index is 591. The van der Waals surface area contributed by atoms with Gasteiger partial charge in [-0.15, -0.1) is 0 Å². The highest BCUT2D eigenvalue weighted by Gasteiger charge is 2.38. The van der Waals surface area contributed by atoms with Crippen LogP contribution < -0.4 is 5.32 Å². The number of amides is 1. The number of carboxylic acid groups (broad SMARTS) is 1. The number of imidazole rings is 1. The second-order valence-corrected chi connectivity index (χ2v) is 6.58. The number of aromatic amines is 1. The van der Waals surface area contributed by atoms with Crippen molar-refractivity contribution in [1.82, 2.24) is 15.3 Å². The molecule has 0 radical (unpaired) electrons. The second kappa shape index (κ2) is 8.13. The first-order valence-electron chi connectivity index (χ1n) is 8.66. The zero-order chi connectivity index (χ0) is 17.7. The minimum Gasteiger partial charge on any atom is -0.478 e. The molecule has 0 aromatic carbocycles. The van der Waals surface area contributed by atoms with Gasteiger partial charge in [-0.05, 0) is 18.8 Å². The maximum absolute atomic E-state index is 11.7. The Kier molecular flexibility index (Phi) is 6.17. The fourth-order valence-electron chi connectivity index (χ4n) is 3.66. The first-order valence-corrected chi connectivity index (χ1v) is 8.66. The van der Waals surface area contributed by atoms with Crippen molar-refractivity contribution < 1.29 is 14.7 Å². The number of hydrogen-bond acceptors (Lipinski definition) is 3. The molecule has 1 aliphatic carbocycles. The summed E-state index contributed by atoms with van der Waals surface area (Å²) in [4.78, 5) is 30.6. The lowest BCUT2D eigenvalue weighted by Crippen LogP contribution is -2.41. The van der Waals surface area contributed by atoms with Gasteiger partial charge in [0.15, 0.2) is 0 Å². The largest absolute Gasteiger partial charge is 0.478 e. The predicted octanol–water partition coefficient (Wildman–Crippen LogP) is 2.86. The molecule has 132 valence electrons. The zero-order valence-corrected chi connectivity index (χ0v) is 14.6. The minimum absolute atomic E-state index is 0.0442. The third kappa shape index (κ3) is 4.24. The number of carboxylic acids is 1. The summed E-state index contributed by atoms with van der Waals surface area (Å²) < 4.78 is 0. The van der Waals surface area contributed by atoms with Crippen LogP contribution in [0, 0.1) is 11.8 Å². The number of nitrogens with one attached hydrogen (secondary N) is 2. The van der Waals surface area contributed by atoms with Crippen molar-refractivity contribution in [2.45, 2.75) is 58.4 Å². The molecule has 1 heterocycles. The molecule has 0 bridgehead atoms. The smallest absolute Gasteiger partial charge is 0.331 e. The molecule has 24 heavy (non-hydrogen) atoms. The molecule has 0 saturated heterocycles. The number of rotatable bonds is 8. The summed E-state index contributed by atoms with van der Waals surface area (Å²) in [5.74, 6) is 0.206. The van der Waals surface area contributed by atoms with E-state index in [1.807, 2.05) is 6.08 Å². The van der Waals surface area contributed by atoms with E-state index in [0.29, 0.717) is 17.9 Å². The predicted molar refractivity (Wildman–Crippen MR) is 91.4 cm³/mol. The Balaban J connectivity index is 2.30. The maximum Gasteiger partial charge on any atom is 0.331 e. The van der Waals surface area contributed by atoms with E-state index in [4.69, 9.17) is 0 Å². The minimum atomic E-state index is -0.891. The Labute approximate surface area is 142 Å². The Morgan fingerprint density at radius 1 is 1.42 bits per heavy atom. The summed E-state index contributed by atoms with van der Waals surface area (Å²) in [5, 5.41) is 12.5. The van der Waals surface area contributed by atoms with Gasteiger partial charge in [0, 0.05) is 42.8 Å². The number of aliphatic carboxylic acids is 1. The monoisotopic (exact) mass is 333 g/mol. The van der Waals surface area contributed by atoms with Crippen LogP contribution in [0.5, 0.6) is 0 Å². The first kappa shape index (κ1) is 18.2. The van der Waals surface area contributed by atoms with Crippen molar-refractivity contribution >= 4 is 11.9 Å². The van der Waals surface area contributed by atoms with Gasteiger partial charge in [0.2, 0.25) is 5.91 Å². The van der Waals surface area contributed by atoms with Crippen LogP contribution in [0.25, 0.3) is 0 Å². The molecule has 1 aliphatic rings. The molecule has 3 unspecified atom stereocenters. The van der Waals surface area contributed by atoms with E-state index in [1.54, 1.807) is 12.4 Å². The number of aromatic nitrogens is 2. The molecule has 1 amide bonds. The number of nitrogens with zero attached hydrogens (tertiary/aromatic N) is 1. The molecular formula is C18H27N3O3. The van der Waals surface area contributed by atoms with Gasteiger partial charge in [0.05, 0.1) is 0 Å². The van der Waals surface area contributed by atoms with Gasteiger partial charge in [-0.1, -0.05) is 32.8 Å². The highest BCUT2D eigenvalue weighted by molar-refractivity contribution is 5.87. The molecule has 6 nitrogen and oxygen atoms in total. The fourth-order valence-corrected chi connectivity index (χ4v) is 3.66. The van der Waals surface area contributed by atoms with Crippen LogP contribution in [0.15, 0.2) is 24.0 Å². The molecule has 3 N–H and O–H groups in total. The lowest BCUT2D eigenvalue weighted by atomic mass is 9.82. The molecule has 2 rings (SSSR count). The molecule has 0 saturated carbocycles. The number of carbonyl (C=O) groups excluding carboxylic acids is 1. The average molecular weight is 333 g/mol. The maximum atomic E-state index is 11.7. The lowest BCUT2D eigenvalue weighted by Gasteiger charge is -2.30. The van der Waals surface area contributed by atoms with Crippen LogP contribution in [0.3, 0.4) is 0 Å². The SMILES string of the molecule is CCC(CC)CC(NC(C)=O)C1C=C(C(=O)O)CC1c1ncc[nH]1. The van der Waals surface area contributed by atoms with Gasteiger partial charge in [0.1, 0.15) is 5.82 Å². The number of hydrogen-bond donors (Lipinski definition) is 3. The van der Waals surface area contributed by atoms with Crippen LogP contribution in [0.1, 0.15) is 58.2 Å². The third-order valence-electron chi connectivity index (χ3n) is 5.04. The average Bonchev–Trinajstić information content (AvgIpc) is 3.19. The van der Waals surface area contributed by atoms with Crippen molar-refractivity contribution in [1.29, 1.82) is 0 Å². The summed E-state index contributed by atoms with van der Waals surface area (Å²) in [6, 6.07) is -0.0839. The van der Waals surface area contributed by atoms with E-state index in [2.05, 4.69) is 29.1 Å². The second-order valence-electron chi connectivity index (χ2n) is 6.58. The summed E-state index contributed by atoms with van der Waals surface area (Å²) in [5.41, 5.74) is 0.404. The normalized spacial score (nSPS) is 21.6. The molecule has 3 atom stereocenters. The summed E-state index contributed by atoms with van der Waals surface area (Å²) in [7, 11) is 0. The van der Waals surface area contributed by atoms with Crippen LogP contribution in [-0.4, -0.2) is 33.0 Å². The molecule has 0 fully saturated rings. The third-order valence-corrected chi connectivity index (χ3v) is 5.04. The summed E-state index contributed by atoms with van der Waals surface area (Å²) in [6.07, 6.45) is 8.61. The van der Waals surface area contributed by atoms with Gasteiger partial charge < -0.3 is 15.4 Å². The van der Waals surface area contributed by atoms with E-state index in [1.165, 1.54) is 6.92 Å². The van der Waals surface area contributed by atoms with Crippen molar-refractivity contribution in [3.05, 3.63) is 29.9 Å². The van der Waals surface area contributed by atoms with Crippen LogP contribution >= 0.6 is 0 Å². The molecule has 0 spiro atoms. The summed E-state index contributed by atoms with van der Waals surface area (Å²) >= 11 is 0.